The Morgan fingerprint density at radius 1 is 0.857 bits per heavy atom. The van der Waals surface area contributed by atoms with Crippen molar-refractivity contribution in [2.24, 2.45) is 0 Å². The molecule has 0 aliphatic carbocycles. The van der Waals surface area contributed by atoms with Crippen LogP contribution in [-0.4, -0.2) is 20.9 Å². The summed E-state index contributed by atoms with van der Waals surface area (Å²) < 4.78 is 42.2. The molecule has 0 unspecified atom stereocenters. The molecule has 6 nitrogen and oxygen atoms in total. The summed E-state index contributed by atoms with van der Waals surface area (Å²) in [6, 6.07) is 21.2. The molecule has 0 heterocycles. The van der Waals surface area contributed by atoms with E-state index in [-0.39, 0.29) is 11.5 Å². The number of carbonyl (C=O) groups is 1. The van der Waals surface area contributed by atoms with Gasteiger partial charge in [-0.2, -0.15) is 0 Å². The highest BCUT2D eigenvalue weighted by Gasteiger charge is 2.15. The van der Waals surface area contributed by atoms with Crippen LogP contribution in [0, 0.1) is 5.82 Å². The molecule has 0 spiro atoms. The molecule has 0 fully saturated rings. The van der Waals surface area contributed by atoms with E-state index in [1.54, 1.807) is 12.1 Å². The summed E-state index contributed by atoms with van der Waals surface area (Å²) in [6.07, 6.45) is 0. The van der Waals surface area contributed by atoms with E-state index in [2.05, 4.69) is 0 Å². The molecule has 0 atom stereocenters. The van der Waals surface area contributed by atoms with Crippen LogP contribution in [-0.2, 0) is 14.8 Å². The molecule has 3 aromatic rings. The number of hydrogen-bond acceptors (Lipinski definition) is 4. The third-order valence-electron chi connectivity index (χ3n) is 3.78. The lowest BCUT2D eigenvalue weighted by Crippen LogP contribution is -2.43. The maximum atomic E-state index is 12.9. The average Bonchev–Trinajstić information content (AvgIpc) is 2.72. The van der Waals surface area contributed by atoms with Crippen LogP contribution in [0.3, 0.4) is 0 Å². The van der Waals surface area contributed by atoms with Gasteiger partial charge >= 0.3 is 0 Å². The Hall–Kier alpha value is -3.23. The number of amides is 1. The third-order valence-corrected chi connectivity index (χ3v) is 5.04. The van der Waals surface area contributed by atoms with Gasteiger partial charge in [-0.25, -0.2) is 12.8 Å². The lowest BCUT2D eigenvalue weighted by atomic mass is 10.1. The van der Waals surface area contributed by atoms with E-state index in [1.807, 2.05) is 52.7 Å². The van der Waals surface area contributed by atoms with Crippen LogP contribution >= 0.6 is 0 Å². The number of nitrogens with one attached hydrogen (secondary N) is 2. The number of sulfonamides is 1. The van der Waals surface area contributed by atoms with Gasteiger partial charge in [0.15, 0.2) is 6.61 Å². The number of carbonyl (C=O) groups excluding carboxylic acids is 1. The summed E-state index contributed by atoms with van der Waals surface area (Å²) in [5, 5.41) is 0. The topological polar surface area (TPSA) is 84.5 Å². The Balaban J connectivity index is 1.51. The SMILES string of the molecule is O=C(COc1ccc(-c2ccccc2)cc1)NNS(=O)(=O)c1ccc(F)cc1. The standard InChI is InChI=1S/C20H17FN2O4S/c21-17-8-12-19(13-9-17)28(25,26)23-22-20(24)14-27-18-10-6-16(7-11-18)15-4-2-1-3-5-15/h1-13,23H,14H2,(H,22,24). The highest BCUT2D eigenvalue weighted by atomic mass is 32.2. The van der Waals surface area contributed by atoms with E-state index in [9.17, 15) is 17.6 Å². The normalized spacial score (nSPS) is 11.0. The van der Waals surface area contributed by atoms with E-state index in [1.165, 1.54) is 0 Å². The molecular formula is C20H17FN2O4S. The van der Waals surface area contributed by atoms with Crippen molar-refractivity contribution in [3.63, 3.8) is 0 Å². The molecule has 0 aromatic heterocycles. The molecule has 3 rings (SSSR count). The van der Waals surface area contributed by atoms with Crippen molar-refractivity contribution in [3.8, 4) is 16.9 Å². The first kappa shape index (κ1) is 19.5. The molecular weight excluding hydrogens is 383 g/mol. The summed E-state index contributed by atoms with van der Waals surface area (Å²) in [5.74, 6) is -0.774. The predicted molar refractivity (Wildman–Crippen MR) is 102 cm³/mol. The second-order valence-corrected chi connectivity index (χ2v) is 7.47. The molecule has 0 saturated heterocycles. The molecule has 28 heavy (non-hydrogen) atoms. The minimum absolute atomic E-state index is 0.174. The van der Waals surface area contributed by atoms with E-state index in [0.29, 0.717) is 5.75 Å². The molecule has 0 bridgehead atoms. The van der Waals surface area contributed by atoms with Gasteiger partial charge in [0.2, 0.25) is 0 Å². The number of benzene rings is 3. The predicted octanol–water partition coefficient (Wildman–Crippen LogP) is 2.88. The number of hydrazine groups is 1. The summed E-state index contributed by atoms with van der Waals surface area (Å²) in [5.41, 5.74) is 4.11. The molecule has 0 saturated carbocycles. The van der Waals surface area contributed by atoms with Crippen molar-refractivity contribution in [3.05, 3.63) is 84.7 Å². The number of hydrogen-bond donors (Lipinski definition) is 2. The van der Waals surface area contributed by atoms with Crippen LogP contribution in [0.2, 0.25) is 0 Å². The minimum atomic E-state index is -4.00. The van der Waals surface area contributed by atoms with Gasteiger partial charge in [-0.05, 0) is 47.5 Å². The lowest BCUT2D eigenvalue weighted by Gasteiger charge is -2.10. The Bertz CT molecular complexity index is 1040. The summed E-state index contributed by atoms with van der Waals surface area (Å²) in [4.78, 5) is 13.6. The fourth-order valence-corrected chi connectivity index (χ4v) is 3.22. The molecule has 2 N–H and O–H groups in total. The minimum Gasteiger partial charge on any atom is -0.484 e. The van der Waals surface area contributed by atoms with Gasteiger partial charge in [-0.15, -0.1) is 4.83 Å². The maximum Gasteiger partial charge on any atom is 0.272 e. The number of halogens is 1. The molecule has 0 radical (unpaired) electrons. The first-order chi connectivity index (χ1) is 13.4. The average molecular weight is 400 g/mol. The van der Waals surface area contributed by atoms with Gasteiger partial charge in [0.05, 0.1) is 4.90 Å². The van der Waals surface area contributed by atoms with E-state index in [4.69, 9.17) is 4.74 Å². The van der Waals surface area contributed by atoms with Crippen LogP contribution in [0.15, 0.2) is 83.8 Å². The zero-order chi connectivity index (χ0) is 20.0. The van der Waals surface area contributed by atoms with Gasteiger partial charge < -0.3 is 4.74 Å². The second kappa shape index (κ2) is 8.64. The van der Waals surface area contributed by atoms with Crippen molar-refractivity contribution in [1.29, 1.82) is 0 Å². The third kappa shape index (κ3) is 5.15. The van der Waals surface area contributed by atoms with Gasteiger partial charge in [-0.1, -0.05) is 42.5 Å². The summed E-state index contributed by atoms with van der Waals surface area (Å²) in [6.45, 7) is -0.378. The lowest BCUT2D eigenvalue weighted by molar-refractivity contribution is -0.123. The van der Waals surface area contributed by atoms with Crippen molar-refractivity contribution in [2.45, 2.75) is 4.90 Å². The largest absolute Gasteiger partial charge is 0.484 e. The Morgan fingerprint density at radius 3 is 2.11 bits per heavy atom. The fraction of sp³-hybridized carbons (Fsp3) is 0.0500. The molecule has 0 aliphatic heterocycles. The van der Waals surface area contributed by atoms with Crippen LogP contribution in [0.1, 0.15) is 0 Å². The van der Waals surface area contributed by atoms with Crippen molar-refractivity contribution >= 4 is 15.9 Å². The molecule has 0 aliphatic rings. The van der Waals surface area contributed by atoms with E-state index in [0.717, 1.165) is 35.4 Å². The monoisotopic (exact) mass is 400 g/mol. The first-order valence-electron chi connectivity index (χ1n) is 8.28. The van der Waals surface area contributed by atoms with Crippen molar-refractivity contribution in [2.75, 3.05) is 6.61 Å². The van der Waals surface area contributed by atoms with Gasteiger partial charge in [0.25, 0.3) is 15.9 Å². The van der Waals surface area contributed by atoms with Crippen LogP contribution < -0.4 is 15.0 Å². The first-order valence-corrected chi connectivity index (χ1v) is 9.77. The zero-order valence-electron chi connectivity index (χ0n) is 14.6. The van der Waals surface area contributed by atoms with Gasteiger partial charge in [0.1, 0.15) is 11.6 Å². The Labute approximate surface area is 162 Å². The zero-order valence-corrected chi connectivity index (χ0v) is 15.4. The molecule has 3 aromatic carbocycles. The van der Waals surface area contributed by atoms with Gasteiger partial charge in [0, 0.05) is 0 Å². The van der Waals surface area contributed by atoms with E-state index < -0.39 is 21.7 Å². The summed E-state index contributed by atoms with van der Waals surface area (Å²) in [7, 11) is -4.00. The van der Waals surface area contributed by atoms with E-state index >= 15 is 0 Å². The molecule has 144 valence electrons. The second-order valence-electron chi connectivity index (χ2n) is 5.79. The highest BCUT2D eigenvalue weighted by molar-refractivity contribution is 7.89. The van der Waals surface area contributed by atoms with Crippen LogP contribution in [0.25, 0.3) is 11.1 Å². The van der Waals surface area contributed by atoms with Gasteiger partial charge in [-0.3, -0.25) is 10.2 Å². The van der Waals surface area contributed by atoms with Crippen LogP contribution in [0.4, 0.5) is 4.39 Å². The highest BCUT2D eigenvalue weighted by Crippen LogP contribution is 2.21. The quantitative estimate of drug-likeness (QED) is 0.598. The van der Waals surface area contributed by atoms with Crippen LogP contribution in [0.5, 0.6) is 5.75 Å². The fourth-order valence-electron chi connectivity index (χ4n) is 2.36. The number of ether oxygens (including phenoxy) is 1. The molecule has 1 amide bonds. The maximum absolute atomic E-state index is 12.9. The van der Waals surface area contributed by atoms with Crippen molar-refractivity contribution in [1.82, 2.24) is 10.3 Å². The summed E-state index contributed by atoms with van der Waals surface area (Å²) >= 11 is 0. The smallest absolute Gasteiger partial charge is 0.272 e. The number of rotatable bonds is 7. The Morgan fingerprint density at radius 2 is 1.46 bits per heavy atom. The van der Waals surface area contributed by atoms with Crippen molar-refractivity contribution < 1.29 is 22.3 Å². The Kier molecular flexibility index (Phi) is 6.03. The molecule has 8 heteroatoms.